The average Bonchev–Trinajstić information content (AvgIpc) is 3.58. The molecule has 0 bridgehead atoms. The number of piperazine rings is 1. The first kappa shape index (κ1) is 33.7. The molecular weight excluding hydrogens is 621 g/mol. The number of carbonyl (C=O) groups excluding carboxylic acids is 1. The molecule has 11 nitrogen and oxygen atoms in total. The minimum Gasteiger partial charge on any atom is -0.413 e. The smallest absolute Gasteiger partial charge is 0.263 e. The molecule has 6 rings (SSSR count). The first-order valence-corrected chi connectivity index (χ1v) is 20.0. The zero-order chi connectivity index (χ0) is 34.2. The Kier molecular flexibility index (Phi) is 9.41. The number of pyridine rings is 3. The molecule has 254 valence electrons. The molecule has 1 N–H and O–H groups in total. The van der Waals surface area contributed by atoms with Gasteiger partial charge in [0.25, 0.3) is 5.56 Å². The lowest BCUT2D eigenvalue weighted by atomic mass is 10.0. The maximum Gasteiger partial charge on any atom is 0.263 e. The van der Waals surface area contributed by atoms with E-state index in [4.69, 9.17) is 14.4 Å². The molecule has 1 saturated heterocycles. The van der Waals surface area contributed by atoms with Gasteiger partial charge in [-0.15, -0.1) is 0 Å². The summed E-state index contributed by atoms with van der Waals surface area (Å²) in [7, 11) is -1.80. The average molecular weight is 669 g/mol. The van der Waals surface area contributed by atoms with E-state index in [1.165, 1.54) is 6.92 Å². The highest BCUT2D eigenvalue weighted by Gasteiger charge is 2.37. The highest BCUT2D eigenvalue weighted by atomic mass is 28.4. The van der Waals surface area contributed by atoms with Crippen LogP contribution in [0.3, 0.4) is 0 Å². The minimum atomic E-state index is -1.80. The lowest BCUT2D eigenvalue weighted by molar-refractivity contribution is 0.101. The van der Waals surface area contributed by atoms with Crippen molar-refractivity contribution in [2.75, 3.05) is 41.3 Å². The molecule has 0 spiro atoms. The molecular formula is C36H48N8O3Si. The van der Waals surface area contributed by atoms with Crippen molar-refractivity contribution in [1.29, 1.82) is 0 Å². The lowest BCUT2D eigenvalue weighted by Gasteiger charge is -2.37. The van der Waals surface area contributed by atoms with Crippen LogP contribution in [0.2, 0.25) is 18.1 Å². The largest absolute Gasteiger partial charge is 0.413 e. The minimum absolute atomic E-state index is 0.0291. The van der Waals surface area contributed by atoms with Gasteiger partial charge in [-0.2, -0.15) is 4.98 Å². The Morgan fingerprint density at radius 2 is 1.67 bits per heavy atom. The van der Waals surface area contributed by atoms with Gasteiger partial charge in [-0.25, -0.2) is 15.0 Å². The second-order valence-electron chi connectivity index (χ2n) is 14.7. The quantitative estimate of drug-likeness (QED) is 0.151. The maximum atomic E-state index is 13.5. The van der Waals surface area contributed by atoms with Gasteiger partial charge in [-0.05, 0) is 74.1 Å². The number of aryl methyl sites for hydroxylation is 1. The van der Waals surface area contributed by atoms with Crippen molar-refractivity contribution in [3.05, 3.63) is 69.9 Å². The molecule has 0 radical (unpaired) electrons. The molecule has 2 fully saturated rings. The number of carbonyl (C=O) groups is 1. The van der Waals surface area contributed by atoms with Gasteiger partial charge in [0, 0.05) is 50.0 Å². The Hall–Kier alpha value is -4.16. The highest BCUT2D eigenvalue weighted by molar-refractivity contribution is 6.74. The van der Waals surface area contributed by atoms with Crippen molar-refractivity contribution >= 4 is 48.4 Å². The van der Waals surface area contributed by atoms with Crippen molar-refractivity contribution < 1.29 is 9.22 Å². The van der Waals surface area contributed by atoms with E-state index in [1.54, 1.807) is 17.7 Å². The van der Waals surface area contributed by atoms with Gasteiger partial charge in [0.1, 0.15) is 17.3 Å². The predicted octanol–water partition coefficient (Wildman–Crippen LogP) is 6.80. The van der Waals surface area contributed by atoms with E-state index in [2.05, 4.69) is 77.1 Å². The first-order chi connectivity index (χ1) is 22.8. The van der Waals surface area contributed by atoms with Crippen LogP contribution in [0.1, 0.15) is 80.9 Å². The van der Waals surface area contributed by atoms with E-state index in [1.807, 2.05) is 18.5 Å². The second-order valence-corrected chi connectivity index (χ2v) is 19.5. The van der Waals surface area contributed by atoms with Gasteiger partial charge in [-0.1, -0.05) is 39.7 Å². The normalized spacial score (nSPS) is 16.1. The summed E-state index contributed by atoms with van der Waals surface area (Å²) in [6.45, 7) is 18.6. The summed E-state index contributed by atoms with van der Waals surface area (Å²) in [6, 6.07) is 8.25. The molecule has 1 aliphatic carbocycles. The van der Waals surface area contributed by atoms with E-state index in [-0.39, 0.29) is 28.0 Å². The second kappa shape index (κ2) is 13.4. The van der Waals surface area contributed by atoms with Crippen LogP contribution in [0.15, 0.2) is 47.7 Å². The SMILES string of the molecule is CC(=O)c1c(C)c2cnc(Nc3ccc(N4CCN(c5ccc(CO[Si](C)(C)C(C)(C)C)cn5)CC4)cn3)nc2n(C2CCCC2)c1=O. The van der Waals surface area contributed by atoms with Crippen LogP contribution in [0.5, 0.6) is 0 Å². The standard InChI is InChI=1S/C36H48N8O3Si/c1-24-29-22-39-35(41-33(29)44(27-10-8-9-11-27)34(46)32(24)25(2)45)40-30-14-13-28(21-37-30)42-16-18-43(19-17-42)31-15-12-26(20-38-31)23-47-48(6,7)36(3,4)5/h12-15,20-22,27H,8-11,16-19,23H2,1-7H3,(H,37,39,40,41). The third-order valence-electron chi connectivity index (χ3n) is 10.4. The number of hydrogen-bond donors (Lipinski definition) is 1. The monoisotopic (exact) mass is 668 g/mol. The van der Waals surface area contributed by atoms with Crippen LogP contribution < -0.4 is 20.7 Å². The fourth-order valence-electron chi connectivity index (χ4n) is 6.43. The summed E-state index contributed by atoms with van der Waals surface area (Å²) in [5, 5.41) is 4.13. The topological polar surface area (TPSA) is 118 Å². The van der Waals surface area contributed by atoms with Gasteiger partial charge in [0.05, 0.1) is 24.1 Å². The Balaban J connectivity index is 1.09. The summed E-state index contributed by atoms with van der Waals surface area (Å²) in [6.07, 6.45) is 9.43. The third-order valence-corrected chi connectivity index (χ3v) is 14.9. The number of Topliss-reactive ketones (excluding diaryl/α,β-unsaturated/α-hetero) is 1. The van der Waals surface area contributed by atoms with Crippen molar-refractivity contribution in [1.82, 2.24) is 24.5 Å². The van der Waals surface area contributed by atoms with Crippen LogP contribution in [-0.4, -0.2) is 64.8 Å². The van der Waals surface area contributed by atoms with Crippen molar-refractivity contribution in [2.24, 2.45) is 0 Å². The van der Waals surface area contributed by atoms with E-state index < -0.39 is 8.32 Å². The number of ketones is 1. The van der Waals surface area contributed by atoms with Gasteiger partial charge in [0.15, 0.2) is 14.1 Å². The molecule has 0 atom stereocenters. The molecule has 4 aromatic heterocycles. The zero-order valence-corrected chi connectivity index (χ0v) is 30.3. The van der Waals surface area contributed by atoms with Crippen LogP contribution in [-0.2, 0) is 11.0 Å². The summed E-state index contributed by atoms with van der Waals surface area (Å²) in [5.41, 5.74) is 3.32. The van der Waals surface area contributed by atoms with E-state index in [9.17, 15) is 9.59 Å². The zero-order valence-electron chi connectivity index (χ0n) is 29.3. The summed E-state index contributed by atoms with van der Waals surface area (Å²) >= 11 is 0. The summed E-state index contributed by atoms with van der Waals surface area (Å²) in [5.74, 6) is 1.74. The van der Waals surface area contributed by atoms with E-state index in [0.717, 1.165) is 74.3 Å². The predicted molar refractivity (Wildman–Crippen MR) is 194 cm³/mol. The highest BCUT2D eigenvalue weighted by Crippen LogP contribution is 2.37. The van der Waals surface area contributed by atoms with Crippen LogP contribution in [0.4, 0.5) is 23.3 Å². The number of nitrogens with one attached hydrogen (secondary N) is 1. The maximum absolute atomic E-state index is 13.5. The third kappa shape index (κ3) is 6.86. The fourth-order valence-corrected chi connectivity index (χ4v) is 7.39. The van der Waals surface area contributed by atoms with Gasteiger partial charge in [0.2, 0.25) is 5.95 Å². The molecule has 5 heterocycles. The van der Waals surface area contributed by atoms with Crippen molar-refractivity contribution in [3.63, 3.8) is 0 Å². The molecule has 1 saturated carbocycles. The van der Waals surface area contributed by atoms with Crippen LogP contribution in [0, 0.1) is 6.92 Å². The fraction of sp³-hybridized carbons (Fsp3) is 0.500. The summed E-state index contributed by atoms with van der Waals surface area (Å²) < 4.78 is 8.09. The first-order valence-electron chi connectivity index (χ1n) is 17.1. The van der Waals surface area contributed by atoms with Gasteiger partial charge >= 0.3 is 0 Å². The molecule has 12 heteroatoms. The molecule has 1 aliphatic heterocycles. The molecule has 4 aromatic rings. The molecule has 0 amide bonds. The Labute approximate surface area is 283 Å². The number of fused-ring (bicyclic) bond motifs is 1. The molecule has 0 aromatic carbocycles. The van der Waals surface area contributed by atoms with E-state index in [0.29, 0.717) is 29.6 Å². The molecule has 0 unspecified atom stereocenters. The van der Waals surface area contributed by atoms with Crippen molar-refractivity contribution in [2.45, 2.75) is 91.1 Å². The Morgan fingerprint density at radius 3 is 2.27 bits per heavy atom. The molecule has 48 heavy (non-hydrogen) atoms. The summed E-state index contributed by atoms with van der Waals surface area (Å²) in [4.78, 5) is 49.3. The van der Waals surface area contributed by atoms with Gasteiger partial charge in [-0.3, -0.25) is 14.2 Å². The molecule has 2 aliphatic rings. The number of nitrogens with zero attached hydrogens (tertiary/aromatic N) is 7. The number of aromatic nitrogens is 5. The van der Waals surface area contributed by atoms with Gasteiger partial charge < -0.3 is 19.5 Å². The Bertz CT molecular complexity index is 1840. The Morgan fingerprint density at radius 1 is 0.958 bits per heavy atom. The number of hydrogen-bond acceptors (Lipinski definition) is 10. The lowest BCUT2D eigenvalue weighted by Crippen LogP contribution is -2.46. The van der Waals surface area contributed by atoms with Crippen LogP contribution >= 0.6 is 0 Å². The number of anilines is 4. The van der Waals surface area contributed by atoms with Crippen molar-refractivity contribution in [3.8, 4) is 0 Å². The van der Waals surface area contributed by atoms with E-state index >= 15 is 0 Å². The van der Waals surface area contributed by atoms with Crippen LogP contribution in [0.25, 0.3) is 11.0 Å². The number of rotatable bonds is 9.